The van der Waals surface area contributed by atoms with Gasteiger partial charge in [0.2, 0.25) is 0 Å². The van der Waals surface area contributed by atoms with Crippen molar-refractivity contribution in [3.05, 3.63) is 0 Å². The van der Waals surface area contributed by atoms with Crippen molar-refractivity contribution in [1.82, 2.24) is 0 Å². The van der Waals surface area contributed by atoms with Crippen molar-refractivity contribution in [3.8, 4) is 0 Å². The molecule has 0 amide bonds. The first-order valence-electron chi connectivity index (χ1n) is 3.58. The summed E-state index contributed by atoms with van der Waals surface area (Å²) in [5, 5.41) is 25.5. The Hall–Kier alpha value is -0.440. The highest BCUT2D eigenvalue weighted by Crippen LogP contribution is 2.22. The highest BCUT2D eigenvalue weighted by molar-refractivity contribution is 8.76. The maximum atomic E-state index is 10.2. The molecule has 0 spiro atoms. The molecule has 0 aliphatic heterocycles. The molecule has 0 aliphatic rings. The summed E-state index contributed by atoms with van der Waals surface area (Å²) in [6, 6.07) is -0.963. The van der Waals surface area contributed by atoms with E-state index in [2.05, 4.69) is 0 Å². The van der Waals surface area contributed by atoms with Gasteiger partial charge in [-0.1, -0.05) is 21.6 Å². The van der Waals surface area contributed by atoms with Gasteiger partial charge in [0.15, 0.2) is 6.10 Å². The summed E-state index contributed by atoms with van der Waals surface area (Å²) in [7, 11) is 2.20. The maximum Gasteiger partial charge on any atom is 0.333 e. The van der Waals surface area contributed by atoms with Crippen molar-refractivity contribution < 1.29 is 24.9 Å². The van der Waals surface area contributed by atoms with Gasteiger partial charge in [0.1, 0.15) is 6.04 Å². The van der Waals surface area contributed by atoms with E-state index in [1.54, 1.807) is 0 Å². The van der Waals surface area contributed by atoms with Crippen LogP contribution in [0.15, 0.2) is 0 Å². The second-order valence-corrected chi connectivity index (χ2v) is 4.92. The molecule has 0 fully saturated rings. The zero-order chi connectivity index (χ0) is 11.1. The molecule has 14 heavy (non-hydrogen) atoms. The number of carboxylic acid groups (broad SMARTS) is 2. The van der Waals surface area contributed by atoms with Gasteiger partial charge in [-0.2, -0.15) is 0 Å². The number of aliphatic carboxylic acids is 2. The Balaban J connectivity index is 3.47. The minimum absolute atomic E-state index is 0.00629. The van der Waals surface area contributed by atoms with Crippen LogP contribution in [0.2, 0.25) is 0 Å². The number of carboxylic acids is 2. The number of hydrogen-bond donors (Lipinski definition) is 4. The fourth-order valence-electron chi connectivity index (χ4n) is 0.377. The van der Waals surface area contributed by atoms with E-state index in [1.165, 1.54) is 0 Å². The second kappa shape index (κ2) is 6.93. The Morgan fingerprint density at radius 3 is 2.07 bits per heavy atom. The number of hydrogen-bond acceptors (Lipinski definition) is 6. The topological polar surface area (TPSA) is 121 Å². The van der Waals surface area contributed by atoms with E-state index < -0.39 is 24.1 Å². The lowest BCUT2D eigenvalue weighted by Gasteiger charge is -2.06. The molecule has 8 heteroatoms. The first kappa shape index (κ1) is 13.6. The Kier molecular flexibility index (Phi) is 6.71. The molecule has 2 unspecified atom stereocenters. The van der Waals surface area contributed by atoms with Gasteiger partial charge < -0.3 is 21.1 Å². The molecule has 0 bridgehead atoms. The third-order valence-electron chi connectivity index (χ3n) is 1.16. The van der Waals surface area contributed by atoms with Crippen molar-refractivity contribution in [3.63, 3.8) is 0 Å². The minimum atomic E-state index is -1.42. The van der Waals surface area contributed by atoms with E-state index in [9.17, 15) is 9.59 Å². The maximum absolute atomic E-state index is 10.2. The predicted molar refractivity (Wildman–Crippen MR) is 54.2 cm³/mol. The molecular weight excluding hydrogens is 230 g/mol. The van der Waals surface area contributed by atoms with Crippen LogP contribution in [0.4, 0.5) is 0 Å². The molecular formula is C6H11NO5S2. The van der Waals surface area contributed by atoms with Gasteiger partial charge in [0.05, 0.1) is 0 Å². The molecule has 0 aliphatic carbocycles. The molecule has 5 N–H and O–H groups in total. The average Bonchev–Trinajstić information content (AvgIpc) is 2.11. The summed E-state index contributed by atoms with van der Waals surface area (Å²) in [6.07, 6.45) is -1.42. The van der Waals surface area contributed by atoms with Gasteiger partial charge >= 0.3 is 11.9 Å². The highest BCUT2D eigenvalue weighted by Gasteiger charge is 2.15. The molecule has 0 rings (SSSR count). The van der Waals surface area contributed by atoms with Crippen LogP contribution in [-0.4, -0.2) is 50.9 Å². The van der Waals surface area contributed by atoms with Crippen LogP contribution in [-0.2, 0) is 9.59 Å². The third-order valence-corrected chi connectivity index (χ3v) is 3.59. The zero-order valence-corrected chi connectivity index (χ0v) is 8.75. The molecule has 0 radical (unpaired) electrons. The monoisotopic (exact) mass is 241 g/mol. The van der Waals surface area contributed by atoms with Gasteiger partial charge in [-0.15, -0.1) is 0 Å². The standard InChI is InChI=1S/C6H11NO5S2/c7-3(5(9)10)1-13-14-2-4(8)6(11)12/h3-4,8H,1-2,7H2,(H,9,10)(H,11,12). The van der Waals surface area contributed by atoms with Gasteiger partial charge in [0.25, 0.3) is 0 Å². The van der Waals surface area contributed by atoms with Crippen LogP contribution < -0.4 is 5.73 Å². The SMILES string of the molecule is NC(CSSCC(O)C(=O)O)C(=O)O. The van der Waals surface area contributed by atoms with Gasteiger partial charge in [-0.3, -0.25) is 4.79 Å². The number of carbonyl (C=O) groups is 2. The fourth-order valence-corrected chi connectivity index (χ4v) is 2.53. The largest absolute Gasteiger partial charge is 0.480 e. The highest BCUT2D eigenvalue weighted by atomic mass is 33.1. The number of aliphatic hydroxyl groups is 1. The lowest BCUT2D eigenvalue weighted by atomic mass is 10.4. The van der Waals surface area contributed by atoms with E-state index in [4.69, 9.17) is 21.1 Å². The Bertz CT molecular complexity index is 190. The Labute approximate surface area is 88.3 Å². The molecule has 0 aromatic carbocycles. The summed E-state index contributed by atoms with van der Waals surface area (Å²) in [5.74, 6) is -2.21. The van der Waals surface area contributed by atoms with Crippen LogP contribution in [0.3, 0.4) is 0 Å². The molecule has 0 heterocycles. The van der Waals surface area contributed by atoms with Crippen molar-refractivity contribution in [2.45, 2.75) is 12.1 Å². The quantitative estimate of drug-likeness (QED) is 0.338. The summed E-state index contributed by atoms with van der Waals surface area (Å²) in [4.78, 5) is 20.4. The minimum Gasteiger partial charge on any atom is -0.480 e. The van der Waals surface area contributed by atoms with Gasteiger partial charge in [-0.05, 0) is 0 Å². The number of aliphatic hydroxyl groups excluding tert-OH is 1. The van der Waals surface area contributed by atoms with Crippen molar-refractivity contribution in [2.75, 3.05) is 11.5 Å². The molecule has 0 aromatic heterocycles. The normalized spacial score (nSPS) is 14.7. The third kappa shape index (κ3) is 6.08. The lowest BCUT2D eigenvalue weighted by Crippen LogP contribution is -2.32. The molecule has 0 saturated carbocycles. The molecule has 6 nitrogen and oxygen atoms in total. The van der Waals surface area contributed by atoms with Crippen molar-refractivity contribution in [2.24, 2.45) is 5.73 Å². The number of nitrogens with two attached hydrogens (primary N) is 1. The van der Waals surface area contributed by atoms with Crippen LogP contribution in [0.5, 0.6) is 0 Å². The van der Waals surface area contributed by atoms with Crippen molar-refractivity contribution in [1.29, 1.82) is 0 Å². The van der Waals surface area contributed by atoms with Crippen molar-refractivity contribution >= 4 is 33.5 Å². The average molecular weight is 241 g/mol. The number of rotatable bonds is 7. The smallest absolute Gasteiger partial charge is 0.333 e. The second-order valence-electron chi connectivity index (χ2n) is 2.37. The van der Waals surface area contributed by atoms with Crippen LogP contribution in [0.1, 0.15) is 0 Å². The fraction of sp³-hybridized carbons (Fsp3) is 0.667. The molecule has 82 valence electrons. The van der Waals surface area contributed by atoms with E-state index in [0.29, 0.717) is 0 Å². The first-order valence-corrected chi connectivity index (χ1v) is 6.07. The van der Waals surface area contributed by atoms with Crippen LogP contribution >= 0.6 is 21.6 Å². The van der Waals surface area contributed by atoms with E-state index >= 15 is 0 Å². The predicted octanol–water partition coefficient (Wildman–Crippen LogP) is -0.775. The summed E-state index contributed by atoms with van der Waals surface area (Å²) < 4.78 is 0. The molecule has 2 atom stereocenters. The summed E-state index contributed by atoms with van der Waals surface area (Å²) in [6.45, 7) is 0. The summed E-state index contributed by atoms with van der Waals surface area (Å²) in [5.41, 5.74) is 5.18. The van der Waals surface area contributed by atoms with Crippen LogP contribution in [0.25, 0.3) is 0 Å². The van der Waals surface area contributed by atoms with Gasteiger partial charge in [0, 0.05) is 11.5 Å². The van der Waals surface area contributed by atoms with E-state index in [1.807, 2.05) is 0 Å². The van der Waals surface area contributed by atoms with E-state index in [-0.39, 0.29) is 11.5 Å². The lowest BCUT2D eigenvalue weighted by molar-refractivity contribution is -0.145. The first-order chi connectivity index (χ1) is 6.45. The summed E-state index contributed by atoms with van der Waals surface area (Å²) >= 11 is 0. The zero-order valence-electron chi connectivity index (χ0n) is 7.12. The Morgan fingerprint density at radius 2 is 1.64 bits per heavy atom. The van der Waals surface area contributed by atoms with Crippen LogP contribution in [0, 0.1) is 0 Å². The molecule has 0 saturated heterocycles. The Morgan fingerprint density at radius 1 is 1.14 bits per heavy atom. The van der Waals surface area contributed by atoms with E-state index in [0.717, 1.165) is 21.6 Å². The van der Waals surface area contributed by atoms with Gasteiger partial charge in [-0.25, -0.2) is 4.79 Å². The molecule has 0 aromatic rings.